The van der Waals surface area contributed by atoms with Crippen LogP contribution >= 0.6 is 0 Å². The van der Waals surface area contributed by atoms with E-state index in [1.54, 1.807) is 13.2 Å². The Kier molecular flexibility index (Phi) is 4.84. The van der Waals surface area contributed by atoms with Gasteiger partial charge >= 0.3 is 5.63 Å². The highest BCUT2D eigenvalue weighted by molar-refractivity contribution is 5.88. The third-order valence-electron chi connectivity index (χ3n) is 5.01. The first-order valence-electron chi connectivity index (χ1n) is 8.82. The molecule has 25 heavy (non-hydrogen) atoms. The SMILES string of the molecule is COc1ccc2c(CC(=O)N(C3CC3)[C@@H](C)C(C)C)cc(=O)oc2c1. The molecule has 3 rings (SSSR count). The molecular formula is C20H25NO4. The number of hydrogen-bond acceptors (Lipinski definition) is 4. The van der Waals surface area contributed by atoms with E-state index in [1.165, 1.54) is 6.07 Å². The summed E-state index contributed by atoms with van der Waals surface area (Å²) in [6.07, 6.45) is 2.34. The number of amides is 1. The lowest BCUT2D eigenvalue weighted by Gasteiger charge is -2.32. The molecule has 2 aromatic rings. The van der Waals surface area contributed by atoms with Crippen LogP contribution in [0, 0.1) is 5.92 Å². The minimum atomic E-state index is -0.446. The van der Waals surface area contributed by atoms with Gasteiger partial charge in [-0.25, -0.2) is 4.79 Å². The second-order valence-electron chi connectivity index (χ2n) is 7.15. The van der Waals surface area contributed by atoms with Gasteiger partial charge in [-0.05, 0) is 43.4 Å². The highest BCUT2D eigenvalue weighted by atomic mass is 16.5. The number of hydrogen-bond donors (Lipinski definition) is 0. The fraction of sp³-hybridized carbons (Fsp3) is 0.500. The van der Waals surface area contributed by atoms with Gasteiger partial charge in [0, 0.05) is 29.6 Å². The summed E-state index contributed by atoms with van der Waals surface area (Å²) in [6.45, 7) is 6.36. The maximum Gasteiger partial charge on any atom is 0.336 e. The van der Waals surface area contributed by atoms with Crippen LogP contribution in [-0.2, 0) is 11.2 Å². The van der Waals surface area contributed by atoms with Gasteiger partial charge in [-0.2, -0.15) is 0 Å². The van der Waals surface area contributed by atoms with Crippen LogP contribution in [0.15, 0.2) is 33.5 Å². The van der Waals surface area contributed by atoms with Crippen LogP contribution in [0.2, 0.25) is 0 Å². The summed E-state index contributed by atoms with van der Waals surface area (Å²) < 4.78 is 10.5. The smallest absolute Gasteiger partial charge is 0.336 e. The summed E-state index contributed by atoms with van der Waals surface area (Å²) in [7, 11) is 1.56. The summed E-state index contributed by atoms with van der Waals surface area (Å²) in [4.78, 5) is 26.9. The van der Waals surface area contributed by atoms with Crippen LogP contribution in [0.1, 0.15) is 39.2 Å². The topological polar surface area (TPSA) is 59.8 Å². The first kappa shape index (κ1) is 17.5. The molecular weight excluding hydrogens is 318 g/mol. The van der Waals surface area contributed by atoms with Crippen LogP contribution in [0.3, 0.4) is 0 Å². The van der Waals surface area contributed by atoms with Gasteiger partial charge in [-0.3, -0.25) is 4.79 Å². The van der Waals surface area contributed by atoms with E-state index in [0.717, 1.165) is 18.2 Å². The maximum absolute atomic E-state index is 13.0. The van der Waals surface area contributed by atoms with Crippen molar-refractivity contribution in [2.75, 3.05) is 7.11 Å². The zero-order chi connectivity index (χ0) is 18.1. The Morgan fingerprint density at radius 1 is 1.28 bits per heavy atom. The van der Waals surface area contributed by atoms with Crippen molar-refractivity contribution in [1.82, 2.24) is 4.90 Å². The van der Waals surface area contributed by atoms with E-state index < -0.39 is 5.63 Å². The summed E-state index contributed by atoms with van der Waals surface area (Å²) in [5.41, 5.74) is 0.712. The molecule has 5 heteroatoms. The molecule has 0 N–H and O–H groups in total. The Bertz CT molecular complexity index is 835. The zero-order valence-electron chi connectivity index (χ0n) is 15.2. The number of nitrogens with zero attached hydrogens (tertiary/aromatic N) is 1. The average Bonchev–Trinajstić information content (AvgIpc) is 3.38. The van der Waals surface area contributed by atoms with Crippen LogP contribution in [0.4, 0.5) is 0 Å². The molecule has 0 bridgehead atoms. The van der Waals surface area contributed by atoms with Crippen LogP contribution < -0.4 is 10.4 Å². The van der Waals surface area contributed by atoms with Crippen LogP contribution in [0.25, 0.3) is 11.0 Å². The lowest BCUT2D eigenvalue weighted by atomic mass is 10.0. The zero-order valence-corrected chi connectivity index (χ0v) is 15.2. The highest BCUT2D eigenvalue weighted by Crippen LogP contribution is 2.32. The molecule has 1 aromatic carbocycles. The minimum Gasteiger partial charge on any atom is -0.497 e. The van der Waals surface area contributed by atoms with Gasteiger partial charge in [0.15, 0.2) is 0 Å². The molecule has 1 aliphatic carbocycles. The fourth-order valence-corrected chi connectivity index (χ4v) is 3.17. The molecule has 1 saturated carbocycles. The van der Waals surface area contributed by atoms with E-state index >= 15 is 0 Å². The predicted octanol–water partition coefficient (Wildman–Crippen LogP) is 3.38. The molecule has 1 atom stereocenters. The quantitative estimate of drug-likeness (QED) is 0.755. The van der Waals surface area contributed by atoms with Crippen molar-refractivity contribution in [2.24, 2.45) is 5.92 Å². The molecule has 0 aliphatic heterocycles. The van der Waals surface area contributed by atoms with Crippen LogP contribution in [0.5, 0.6) is 5.75 Å². The largest absolute Gasteiger partial charge is 0.497 e. The van der Waals surface area contributed by atoms with Crippen molar-refractivity contribution >= 4 is 16.9 Å². The first-order valence-corrected chi connectivity index (χ1v) is 8.82. The maximum atomic E-state index is 13.0. The average molecular weight is 343 g/mol. The molecule has 0 unspecified atom stereocenters. The van der Waals surface area contributed by atoms with Crippen molar-refractivity contribution in [3.63, 3.8) is 0 Å². The number of fused-ring (bicyclic) bond motifs is 1. The second kappa shape index (κ2) is 6.90. The number of methoxy groups -OCH3 is 1. The third-order valence-corrected chi connectivity index (χ3v) is 5.01. The van der Waals surface area contributed by atoms with Crippen molar-refractivity contribution in [3.8, 4) is 5.75 Å². The number of ether oxygens (including phenoxy) is 1. The molecule has 5 nitrogen and oxygen atoms in total. The minimum absolute atomic E-state index is 0.0754. The third kappa shape index (κ3) is 3.70. The predicted molar refractivity (Wildman–Crippen MR) is 96.9 cm³/mol. The van der Waals surface area contributed by atoms with Crippen molar-refractivity contribution in [2.45, 2.75) is 52.1 Å². The van der Waals surface area contributed by atoms with E-state index in [9.17, 15) is 9.59 Å². The van der Waals surface area contributed by atoms with Gasteiger partial charge in [0.05, 0.1) is 13.5 Å². The van der Waals surface area contributed by atoms with E-state index in [0.29, 0.717) is 28.9 Å². The molecule has 0 spiro atoms. The van der Waals surface area contributed by atoms with Gasteiger partial charge in [0.25, 0.3) is 0 Å². The number of benzene rings is 1. The number of carbonyl (C=O) groups is 1. The van der Waals surface area contributed by atoms with Crippen LogP contribution in [-0.4, -0.2) is 30.0 Å². The lowest BCUT2D eigenvalue weighted by Crippen LogP contribution is -2.43. The Morgan fingerprint density at radius 2 is 2.00 bits per heavy atom. The second-order valence-corrected chi connectivity index (χ2v) is 7.15. The Balaban J connectivity index is 1.93. The van der Waals surface area contributed by atoms with E-state index in [-0.39, 0.29) is 18.4 Å². The van der Waals surface area contributed by atoms with Gasteiger partial charge in [0.2, 0.25) is 5.91 Å². The molecule has 1 amide bonds. The van der Waals surface area contributed by atoms with Crippen molar-refractivity contribution < 1.29 is 13.9 Å². The molecule has 1 fully saturated rings. The number of carbonyl (C=O) groups excluding carboxylic acids is 1. The molecule has 0 radical (unpaired) electrons. The molecule has 1 aromatic heterocycles. The Labute approximate surface area is 147 Å². The van der Waals surface area contributed by atoms with Gasteiger partial charge in [-0.15, -0.1) is 0 Å². The highest BCUT2D eigenvalue weighted by Gasteiger charge is 2.36. The molecule has 1 heterocycles. The standard InChI is InChI=1S/C20H25NO4/c1-12(2)13(3)21(15-5-6-15)19(22)9-14-10-20(23)25-18-11-16(24-4)7-8-17(14)18/h7-8,10-13,15H,5-6,9H2,1-4H3/t13-/m0/s1. The van der Waals surface area contributed by atoms with E-state index in [2.05, 4.69) is 20.8 Å². The summed E-state index contributed by atoms with van der Waals surface area (Å²) in [5.74, 6) is 1.09. The van der Waals surface area contributed by atoms with Crippen molar-refractivity contribution in [1.29, 1.82) is 0 Å². The van der Waals surface area contributed by atoms with E-state index in [1.807, 2.05) is 17.0 Å². The normalized spacial score (nSPS) is 15.4. The molecule has 134 valence electrons. The monoisotopic (exact) mass is 343 g/mol. The first-order chi connectivity index (χ1) is 11.9. The summed E-state index contributed by atoms with van der Waals surface area (Å²) >= 11 is 0. The van der Waals surface area contributed by atoms with E-state index in [4.69, 9.17) is 9.15 Å². The summed E-state index contributed by atoms with van der Waals surface area (Å²) in [5, 5.41) is 0.779. The van der Waals surface area contributed by atoms with Gasteiger partial charge < -0.3 is 14.1 Å². The molecule has 0 saturated heterocycles. The van der Waals surface area contributed by atoms with Crippen molar-refractivity contribution in [3.05, 3.63) is 40.2 Å². The molecule has 1 aliphatic rings. The Hall–Kier alpha value is -2.30. The van der Waals surface area contributed by atoms with Gasteiger partial charge in [0.1, 0.15) is 11.3 Å². The van der Waals surface area contributed by atoms with Gasteiger partial charge in [-0.1, -0.05) is 13.8 Å². The fourth-order valence-electron chi connectivity index (χ4n) is 3.17. The summed E-state index contributed by atoms with van der Waals surface area (Å²) in [6, 6.07) is 7.29. The number of rotatable bonds is 6. The Morgan fingerprint density at radius 3 is 2.60 bits per heavy atom. The lowest BCUT2D eigenvalue weighted by molar-refractivity contribution is -0.134.